The van der Waals surface area contributed by atoms with Crippen LogP contribution in [0.4, 0.5) is 5.69 Å². The molecule has 8 heteroatoms. The first-order chi connectivity index (χ1) is 14.1. The van der Waals surface area contributed by atoms with E-state index in [0.29, 0.717) is 33.4 Å². The fourth-order valence-corrected chi connectivity index (χ4v) is 3.62. The lowest BCUT2D eigenvalue weighted by Crippen LogP contribution is -2.20. The Labute approximate surface area is 163 Å². The van der Waals surface area contributed by atoms with Gasteiger partial charge in [0.2, 0.25) is 0 Å². The number of nitro groups is 1. The van der Waals surface area contributed by atoms with E-state index in [2.05, 4.69) is 0 Å². The van der Waals surface area contributed by atoms with Crippen LogP contribution in [0.5, 0.6) is 0 Å². The van der Waals surface area contributed by atoms with Crippen LogP contribution in [0.25, 0.3) is 33.3 Å². The third kappa shape index (κ3) is 2.50. The molecule has 0 atom stereocenters. The van der Waals surface area contributed by atoms with Gasteiger partial charge in [0.25, 0.3) is 11.2 Å². The van der Waals surface area contributed by atoms with Crippen molar-refractivity contribution in [2.45, 2.75) is 6.61 Å². The number of aromatic nitrogens is 3. The van der Waals surface area contributed by atoms with Crippen molar-refractivity contribution in [2.75, 3.05) is 0 Å². The quantitative estimate of drug-likeness (QED) is 0.379. The van der Waals surface area contributed by atoms with Gasteiger partial charge in [-0.15, -0.1) is 0 Å². The van der Waals surface area contributed by atoms with E-state index in [-0.39, 0.29) is 17.9 Å². The third-order valence-corrected chi connectivity index (χ3v) is 4.98. The summed E-state index contributed by atoms with van der Waals surface area (Å²) in [5.74, 6) is 0. The molecule has 2 aromatic carbocycles. The maximum Gasteiger partial charge on any atom is 0.269 e. The summed E-state index contributed by atoms with van der Waals surface area (Å²) >= 11 is 0. The van der Waals surface area contributed by atoms with Gasteiger partial charge in [-0.05, 0) is 29.8 Å². The normalized spacial score (nSPS) is 11.5. The Hall–Kier alpha value is -4.04. The number of hydrogen-bond donors (Lipinski definition) is 1. The summed E-state index contributed by atoms with van der Waals surface area (Å²) in [5.41, 5.74) is 2.66. The molecule has 0 aliphatic heterocycles. The van der Waals surface area contributed by atoms with Gasteiger partial charge < -0.3 is 5.11 Å². The first kappa shape index (κ1) is 17.1. The molecule has 5 aromatic rings. The van der Waals surface area contributed by atoms with E-state index in [1.54, 1.807) is 47.0 Å². The highest BCUT2D eigenvalue weighted by Gasteiger charge is 2.18. The zero-order valence-corrected chi connectivity index (χ0v) is 15.0. The number of aliphatic hydroxyl groups is 1. The van der Waals surface area contributed by atoms with Gasteiger partial charge in [0, 0.05) is 29.1 Å². The van der Waals surface area contributed by atoms with Gasteiger partial charge in [-0.3, -0.25) is 23.9 Å². The first-order valence-corrected chi connectivity index (χ1v) is 8.88. The molecule has 3 aromatic heterocycles. The van der Waals surface area contributed by atoms with Gasteiger partial charge in [0.1, 0.15) is 11.2 Å². The average Bonchev–Trinajstić information content (AvgIpc) is 3.13. The number of nitro benzene ring substituents is 1. The molecule has 0 unspecified atom stereocenters. The smallest absolute Gasteiger partial charge is 0.269 e. The van der Waals surface area contributed by atoms with E-state index in [1.165, 1.54) is 16.7 Å². The molecular formula is C21H14N4O4. The van der Waals surface area contributed by atoms with Crippen LogP contribution < -0.4 is 5.56 Å². The molecule has 29 heavy (non-hydrogen) atoms. The molecular weight excluding hydrogens is 372 g/mol. The molecule has 142 valence electrons. The number of aliphatic hydroxyl groups excluding tert-OH is 1. The van der Waals surface area contributed by atoms with Crippen molar-refractivity contribution in [1.82, 2.24) is 14.0 Å². The maximum atomic E-state index is 13.4. The van der Waals surface area contributed by atoms with Crippen molar-refractivity contribution in [2.24, 2.45) is 0 Å². The molecule has 0 fully saturated rings. The number of hydrogen-bond acceptors (Lipinski definition) is 5. The summed E-state index contributed by atoms with van der Waals surface area (Å²) in [6, 6.07) is 16.6. The highest BCUT2D eigenvalue weighted by molar-refractivity contribution is 6.04. The Morgan fingerprint density at radius 1 is 1.00 bits per heavy atom. The molecule has 3 heterocycles. The van der Waals surface area contributed by atoms with Gasteiger partial charge in [0.05, 0.1) is 17.2 Å². The predicted molar refractivity (Wildman–Crippen MR) is 108 cm³/mol. The number of nitrogens with zero attached hydrogens (tertiary/aromatic N) is 4. The number of pyridine rings is 2. The molecule has 1 N–H and O–H groups in total. The Bertz CT molecular complexity index is 1480. The fraction of sp³-hybridized carbons (Fsp3) is 0.0476. The van der Waals surface area contributed by atoms with Gasteiger partial charge in [-0.1, -0.05) is 24.3 Å². The number of rotatable bonds is 3. The van der Waals surface area contributed by atoms with Crippen LogP contribution in [0.3, 0.4) is 0 Å². The first-order valence-electron chi connectivity index (χ1n) is 8.88. The topological polar surface area (TPSA) is 103 Å². The van der Waals surface area contributed by atoms with Crippen molar-refractivity contribution < 1.29 is 10.0 Å². The molecule has 0 bridgehead atoms. The molecule has 0 spiro atoms. The van der Waals surface area contributed by atoms with Crippen molar-refractivity contribution in [3.05, 3.63) is 92.9 Å². The SMILES string of the molecule is O=c1c2ccccc2c2nc3ccc(CO)cn3c2n1-c1ccc([N+](=O)[O-])cc1. The second-order valence-corrected chi connectivity index (χ2v) is 6.67. The fourth-order valence-electron chi connectivity index (χ4n) is 3.62. The largest absolute Gasteiger partial charge is 0.392 e. The number of fused-ring (bicyclic) bond motifs is 5. The van der Waals surface area contributed by atoms with E-state index in [0.717, 1.165) is 5.39 Å². The summed E-state index contributed by atoms with van der Waals surface area (Å²) in [5, 5.41) is 21.8. The van der Waals surface area contributed by atoms with Crippen LogP contribution in [-0.4, -0.2) is 24.0 Å². The van der Waals surface area contributed by atoms with Crippen molar-refractivity contribution in [1.29, 1.82) is 0 Å². The zero-order valence-electron chi connectivity index (χ0n) is 15.0. The summed E-state index contributed by atoms with van der Waals surface area (Å²) in [6.07, 6.45) is 1.74. The van der Waals surface area contributed by atoms with Crippen LogP contribution in [0.15, 0.2) is 71.7 Å². The summed E-state index contributed by atoms with van der Waals surface area (Å²) in [4.78, 5) is 28.6. The minimum Gasteiger partial charge on any atom is -0.392 e. The standard InChI is InChI=1S/C21H14N4O4/c26-12-13-5-10-18-22-19-16-3-1-2-4-17(16)21(27)24(20(19)23(18)11-13)14-6-8-15(9-7-14)25(28)29/h1-11,26H,12H2. The second-order valence-electron chi connectivity index (χ2n) is 6.67. The highest BCUT2D eigenvalue weighted by Crippen LogP contribution is 2.27. The van der Waals surface area contributed by atoms with E-state index in [1.807, 2.05) is 12.1 Å². The maximum absolute atomic E-state index is 13.4. The lowest BCUT2D eigenvalue weighted by molar-refractivity contribution is -0.384. The molecule has 0 aliphatic carbocycles. The van der Waals surface area contributed by atoms with E-state index in [9.17, 15) is 20.0 Å². The Balaban J connectivity index is 1.98. The van der Waals surface area contributed by atoms with Gasteiger partial charge >= 0.3 is 0 Å². The molecule has 5 rings (SSSR count). The van der Waals surface area contributed by atoms with Crippen LogP contribution in [0.2, 0.25) is 0 Å². The minimum absolute atomic E-state index is 0.0560. The summed E-state index contributed by atoms with van der Waals surface area (Å²) in [7, 11) is 0. The molecule has 0 saturated heterocycles. The Morgan fingerprint density at radius 2 is 1.72 bits per heavy atom. The van der Waals surface area contributed by atoms with Crippen molar-refractivity contribution in [3.63, 3.8) is 0 Å². The zero-order chi connectivity index (χ0) is 20.1. The van der Waals surface area contributed by atoms with E-state index < -0.39 is 4.92 Å². The van der Waals surface area contributed by atoms with Crippen molar-refractivity contribution >= 4 is 33.3 Å². The van der Waals surface area contributed by atoms with Crippen LogP contribution in [0, 0.1) is 10.1 Å². The van der Waals surface area contributed by atoms with Crippen LogP contribution in [-0.2, 0) is 6.61 Å². The Morgan fingerprint density at radius 3 is 2.41 bits per heavy atom. The molecule has 8 nitrogen and oxygen atoms in total. The molecule has 0 radical (unpaired) electrons. The van der Waals surface area contributed by atoms with Gasteiger partial charge in [0.15, 0.2) is 5.65 Å². The van der Waals surface area contributed by atoms with E-state index in [4.69, 9.17) is 4.98 Å². The number of imidazole rings is 1. The molecule has 0 aliphatic rings. The van der Waals surface area contributed by atoms with Gasteiger partial charge in [-0.25, -0.2) is 4.98 Å². The van der Waals surface area contributed by atoms with E-state index >= 15 is 0 Å². The third-order valence-electron chi connectivity index (χ3n) is 4.98. The van der Waals surface area contributed by atoms with Crippen LogP contribution in [0.1, 0.15) is 5.56 Å². The Kier molecular flexibility index (Phi) is 3.68. The lowest BCUT2D eigenvalue weighted by atomic mass is 10.1. The van der Waals surface area contributed by atoms with Crippen molar-refractivity contribution in [3.8, 4) is 5.69 Å². The molecule has 0 saturated carbocycles. The minimum atomic E-state index is -0.482. The number of non-ortho nitro benzene ring substituents is 1. The molecule has 0 amide bonds. The van der Waals surface area contributed by atoms with Gasteiger partial charge in [-0.2, -0.15) is 0 Å². The van der Waals surface area contributed by atoms with Crippen LogP contribution >= 0.6 is 0 Å². The number of benzene rings is 2. The summed E-state index contributed by atoms with van der Waals surface area (Å²) in [6.45, 7) is -0.148. The second kappa shape index (κ2) is 6.25. The summed E-state index contributed by atoms with van der Waals surface area (Å²) < 4.78 is 3.26. The predicted octanol–water partition coefficient (Wildman–Crippen LogP) is 3.19. The average molecular weight is 386 g/mol. The lowest BCUT2D eigenvalue weighted by Gasteiger charge is -2.11. The monoisotopic (exact) mass is 386 g/mol. The highest BCUT2D eigenvalue weighted by atomic mass is 16.6.